The summed E-state index contributed by atoms with van der Waals surface area (Å²) in [6.45, 7) is 1.12. The monoisotopic (exact) mass is 851 g/mol. The standard InChI is InChI=1S/C40H30Cl2N8O8S/c1-21(51)36(39(53)43-26-8-11-28(12-9-26)59(55,56)57)48-46-32-13-6-22(17-30(32)41)23-7-14-33(31(42)18-23)47-49-37-29-5-3-2-4-24(29)16-25(38(37)52)20-58-50-27-10-15-34-35(19-27)45-40(54)44-34/h2-19,36,50,52H,20H2,1H3,(H,43,53)(H2,44,45,54)(H,55,56,57)/p-1. The van der Waals surface area contributed by atoms with Crippen molar-refractivity contribution in [1.82, 2.24) is 9.97 Å². The molecule has 5 N–H and O–H groups in total. The average Bonchev–Trinajstić information content (AvgIpc) is 3.58. The molecule has 16 nitrogen and oxygen atoms in total. The van der Waals surface area contributed by atoms with Crippen molar-refractivity contribution in [1.29, 1.82) is 0 Å². The molecule has 0 saturated carbocycles. The topological polar surface area (TPSA) is 243 Å². The highest BCUT2D eigenvalue weighted by Gasteiger charge is 2.24. The molecule has 0 aliphatic heterocycles. The molecule has 0 aliphatic carbocycles. The first-order chi connectivity index (χ1) is 28.2. The first kappa shape index (κ1) is 40.4. The number of aromatic amines is 2. The molecule has 59 heavy (non-hydrogen) atoms. The van der Waals surface area contributed by atoms with E-state index in [1.54, 1.807) is 66.7 Å². The molecular weight excluding hydrogens is 823 g/mol. The summed E-state index contributed by atoms with van der Waals surface area (Å²) < 4.78 is 33.5. The lowest BCUT2D eigenvalue weighted by atomic mass is 10.0. The number of rotatable bonds is 13. The predicted octanol–water partition coefficient (Wildman–Crippen LogP) is 9.23. The fraction of sp³-hybridized carbons (Fsp3) is 0.0750. The highest BCUT2D eigenvalue weighted by Crippen LogP contribution is 2.41. The fourth-order valence-corrected chi connectivity index (χ4v) is 6.78. The second-order valence-corrected chi connectivity index (χ2v) is 15.1. The summed E-state index contributed by atoms with van der Waals surface area (Å²) in [4.78, 5) is 47.3. The zero-order chi connectivity index (χ0) is 41.8. The van der Waals surface area contributed by atoms with Crippen molar-refractivity contribution in [3.8, 4) is 16.9 Å². The Morgan fingerprint density at radius 2 is 1.46 bits per heavy atom. The van der Waals surface area contributed by atoms with Crippen LogP contribution in [0.5, 0.6) is 5.75 Å². The van der Waals surface area contributed by atoms with Crippen LogP contribution in [0.1, 0.15) is 12.5 Å². The van der Waals surface area contributed by atoms with E-state index < -0.39 is 32.7 Å². The van der Waals surface area contributed by atoms with Gasteiger partial charge in [0.25, 0.3) is 5.91 Å². The molecule has 1 heterocycles. The van der Waals surface area contributed by atoms with Gasteiger partial charge in [-0.15, -0.1) is 10.2 Å². The first-order valence-electron chi connectivity index (χ1n) is 17.4. The Kier molecular flexibility index (Phi) is 11.6. The number of phenolic OH excluding ortho intramolecular Hbond substituents is 1. The van der Waals surface area contributed by atoms with Gasteiger partial charge >= 0.3 is 5.69 Å². The van der Waals surface area contributed by atoms with Gasteiger partial charge in [0.05, 0.1) is 31.7 Å². The smallest absolute Gasteiger partial charge is 0.323 e. The molecule has 1 atom stereocenters. The molecule has 0 fully saturated rings. The van der Waals surface area contributed by atoms with E-state index in [0.717, 1.165) is 24.4 Å². The molecule has 0 saturated heterocycles. The SMILES string of the molecule is CC(=O)C(N=Nc1ccc(-c2ccc(N=Nc3c(O)c(CONc4ccc5[nH]c(=O)[nH]c5c4)cc4ccccc34)c(Cl)c2)cc1Cl)C(=O)Nc1ccc(S(=O)(=O)[O-])cc1. The Morgan fingerprint density at radius 3 is 2.12 bits per heavy atom. The van der Waals surface area contributed by atoms with Crippen LogP contribution in [0.3, 0.4) is 0 Å². The molecule has 7 aromatic rings. The van der Waals surface area contributed by atoms with E-state index in [4.69, 9.17) is 28.0 Å². The highest BCUT2D eigenvalue weighted by atomic mass is 35.5. The van der Waals surface area contributed by atoms with E-state index >= 15 is 0 Å². The lowest BCUT2D eigenvalue weighted by Gasteiger charge is -2.12. The Balaban J connectivity index is 1.04. The summed E-state index contributed by atoms with van der Waals surface area (Å²) in [5, 5.41) is 32.3. The third kappa shape index (κ3) is 9.35. The number of fused-ring (bicyclic) bond motifs is 2. The van der Waals surface area contributed by atoms with Crippen molar-refractivity contribution in [3.63, 3.8) is 0 Å². The van der Waals surface area contributed by atoms with Gasteiger partial charge in [0, 0.05) is 16.6 Å². The number of hydrogen-bond acceptors (Lipinski definition) is 13. The second-order valence-electron chi connectivity index (χ2n) is 12.9. The highest BCUT2D eigenvalue weighted by molar-refractivity contribution is 7.85. The molecule has 0 spiro atoms. The number of anilines is 2. The van der Waals surface area contributed by atoms with E-state index in [1.165, 1.54) is 12.1 Å². The van der Waals surface area contributed by atoms with Gasteiger partial charge in [-0.3, -0.25) is 19.9 Å². The Labute approximate surface area is 344 Å². The molecule has 298 valence electrons. The minimum atomic E-state index is -4.67. The number of nitrogens with one attached hydrogen (secondary N) is 4. The maximum Gasteiger partial charge on any atom is 0.323 e. The van der Waals surface area contributed by atoms with Crippen LogP contribution in [-0.4, -0.2) is 45.8 Å². The molecule has 0 aliphatic rings. The van der Waals surface area contributed by atoms with Gasteiger partial charge in [0.15, 0.2) is 5.78 Å². The van der Waals surface area contributed by atoms with Gasteiger partial charge in [0.2, 0.25) is 6.04 Å². The summed E-state index contributed by atoms with van der Waals surface area (Å²) in [7, 11) is -4.67. The number of H-pyrrole nitrogens is 2. The van der Waals surface area contributed by atoms with Gasteiger partial charge in [-0.2, -0.15) is 10.2 Å². The van der Waals surface area contributed by atoms with Crippen LogP contribution in [0.4, 0.5) is 28.4 Å². The number of benzene rings is 6. The number of imidazole rings is 1. The van der Waals surface area contributed by atoms with Crippen molar-refractivity contribution in [2.24, 2.45) is 20.5 Å². The summed E-state index contributed by atoms with van der Waals surface area (Å²) in [6.07, 6.45) is 0. The van der Waals surface area contributed by atoms with Crippen LogP contribution < -0.4 is 16.5 Å². The second kappa shape index (κ2) is 17.0. The summed E-state index contributed by atoms with van der Waals surface area (Å²) in [5.41, 5.74) is 6.93. The first-order valence-corrected chi connectivity index (χ1v) is 19.5. The number of azo groups is 2. The number of nitrogens with zero attached hydrogens (tertiary/aromatic N) is 4. The van der Waals surface area contributed by atoms with Crippen LogP contribution in [0.25, 0.3) is 32.9 Å². The largest absolute Gasteiger partial charge is 0.744 e. The number of halogens is 2. The van der Waals surface area contributed by atoms with Crippen LogP contribution in [0.2, 0.25) is 10.0 Å². The third-order valence-corrected chi connectivity index (χ3v) is 10.3. The molecule has 1 unspecified atom stereocenters. The molecular formula is C40H29Cl2N8O8S-. The quantitative estimate of drug-likeness (QED) is 0.0321. The number of ketones is 1. The number of aromatic nitrogens is 2. The molecule has 0 bridgehead atoms. The average molecular weight is 853 g/mol. The van der Waals surface area contributed by atoms with E-state index in [9.17, 15) is 32.5 Å². The lowest BCUT2D eigenvalue weighted by molar-refractivity contribution is -0.126. The molecule has 1 amide bonds. The van der Waals surface area contributed by atoms with E-state index in [0.29, 0.717) is 44.5 Å². The summed E-state index contributed by atoms with van der Waals surface area (Å²) in [6, 6.07) is 27.1. The Morgan fingerprint density at radius 1 is 0.814 bits per heavy atom. The number of aromatic hydroxyl groups is 1. The Hall–Kier alpha value is -6.76. The fourth-order valence-electron chi connectivity index (χ4n) is 5.87. The van der Waals surface area contributed by atoms with Crippen molar-refractivity contribution in [3.05, 3.63) is 135 Å². The zero-order valence-electron chi connectivity index (χ0n) is 30.4. The van der Waals surface area contributed by atoms with Crippen molar-refractivity contribution in [2.75, 3.05) is 10.8 Å². The normalized spacial score (nSPS) is 12.4. The maximum absolute atomic E-state index is 12.8. The molecule has 6 aromatic carbocycles. The van der Waals surface area contributed by atoms with Gasteiger partial charge in [-0.1, -0.05) is 59.6 Å². The predicted molar refractivity (Wildman–Crippen MR) is 221 cm³/mol. The number of carbonyl (C=O) groups excluding carboxylic acids is 2. The number of phenols is 1. The third-order valence-electron chi connectivity index (χ3n) is 8.82. The van der Waals surface area contributed by atoms with Crippen molar-refractivity contribution >= 4 is 95.3 Å². The number of hydrogen-bond donors (Lipinski definition) is 5. The number of carbonyl (C=O) groups is 2. The van der Waals surface area contributed by atoms with Crippen LogP contribution >= 0.6 is 23.2 Å². The van der Waals surface area contributed by atoms with Gasteiger partial charge < -0.3 is 24.9 Å². The van der Waals surface area contributed by atoms with Gasteiger partial charge in [0.1, 0.15) is 39.5 Å². The minimum Gasteiger partial charge on any atom is -0.744 e. The molecule has 7 rings (SSSR count). The van der Waals surface area contributed by atoms with E-state index in [1.807, 2.05) is 18.2 Å². The summed E-state index contributed by atoms with van der Waals surface area (Å²) in [5.74, 6) is -1.59. The molecule has 0 radical (unpaired) electrons. The van der Waals surface area contributed by atoms with Crippen molar-refractivity contribution < 1.29 is 32.5 Å². The van der Waals surface area contributed by atoms with Crippen LogP contribution in [0, 0.1) is 0 Å². The zero-order valence-corrected chi connectivity index (χ0v) is 32.8. The number of Topliss-reactive ketones (excluding diaryl/α,β-unsaturated/α-hetero) is 1. The Bertz CT molecular complexity index is 3010. The van der Waals surface area contributed by atoms with Crippen LogP contribution in [0.15, 0.2) is 139 Å². The number of amides is 1. The minimum absolute atomic E-state index is 0.0387. The van der Waals surface area contributed by atoms with Gasteiger partial charge in [-0.25, -0.2) is 13.2 Å². The molecule has 1 aromatic heterocycles. The maximum atomic E-state index is 12.8. The molecule has 19 heteroatoms. The van der Waals surface area contributed by atoms with Gasteiger partial charge in [-0.05, 0) is 96.2 Å². The summed E-state index contributed by atoms with van der Waals surface area (Å²) >= 11 is 13.2. The van der Waals surface area contributed by atoms with E-state index in [2.05, 4.69) is 41.2 Å². The van der Waals surface area contributed by atoms with Crippen LogP contribution in [-0.2, 0) is 31.2 Å². The lowest BCUT2D eigenvalue weighted by Crippen LogP contribution is -2.31. The van der Waals surface area contributed by atoms with E-state index in [-0.39, 0.29) is 45.2 Å². The van der Waals surface area contributed by atoms with Crippen molar-refractivity contribution in [2.45, 2.75) is 24.5 Å².